The van der Waals surface area contributed by atoms with E-state index >= 15 is 0 Å². The minimum Gasteiger partial charge on any atom is -0.351 e. The van der Waals surface area contributed by atoms with Gasteiger partial charge in [0, 0.05) is 11.0 Å². The summed E-state index contributed by atoms with van der Waals surface area (Å²) in [5.41, 5.74) is -0.0670. The quantitative estimate of drug-likeness (QED) is 0.743. The fraction of sp³-hybridized carbons (Fsp3) is 0.933. The van der Waals surface area contributed by atoms with E-state index < -0.39 is 0 Å². The van der Waals surface area contributed by atoms with Crippen LogP contribution in [0.4, 0.5) is 0 Å². The van der Waals surface area contributed by atoms with Gasteiger partial charge < -0.3 is 5.32 Å². The minimum absolute atomic E-state index is 0.0159. The highest BCUT2D eigenvalue weighted by Crippen LogP contribution is 2.60. The molecule has 4 saturated carbocycles. The number of hydrogen-bond donors (Lipinski definition) is 1. The highest BCUT2D eigenvalue weighted by Gasteiger charge is 2.54. The van der Waals surface area contributed by atoms with Gasteiger partial charge in [0.1, 0.15) is 0 Å². The molecule has 0 radical (unpaired) electrons. The molecule has 1 amide bonds. The molecule has 17 heavy (non-hydrogen) atoms. The van der Waals surface area contributed by atoms with Gasteiger partial charge in [-0.2, -0.15) is 0 Å². The van der Waals surface area contributed by atoms with Crippen molar-refractivity contribution in [1.29, 1.82) is 0 Å². The van der Waals surface area contributed by atoms with Gasteiger partial charge >= 0.3 is 0 Å². The Labute approximate surface area is 105 Å². The first kappa shape index (κ1) is 11.6. The molecule has 0 saturated heterocycles. The van der Waals surface area contributed by atoms with Crippen molar-refractivity contribution in [2.24, 2.45) is 23.2 Å². The monoisotopic (exact) mass is 235 g/mol. The van der Waals surface area contributed by atoms with E-state index in [1.165, 1.54) is 38.5 Å². The van der Waals surface area contributed by atoms with Gasteiger partial charge in [-0.05, 0) is 77.0 Å². The molecular formula is C15H25NO. The summed E-state index contributed by atoms with van der Waals surface area (Å²) >= 11 is 0. The van der Waals surface area contributed by atoms with Crippen molar-refractivity contribution in [3.63, 3.8) is 0 Å². The van der Waals surface area contributed by atoms with Crippen molar-refractivity contribution >= 4 is 5.91 Å². The second-order valence-corrected chi connectivity index (χ2v) is 7.90. The van der Waals surface area contributed by atoms with Crippen LogP contribution in [0.15, 0.2) is 0 Å². The largest absolute Gasteiger partial charge is 0.351 e. The lowest BCUT2D eigenvalue weighted by atomic mass is 9.49. The number of hydrogen-bond acceptors (Lipinski definition) is 1. The Morgan fingerprint density at radius 3 is 1.76 bits per heavy atom. The molecule has 96 valence electrons. The molecule has 0 atom stereocenters. The molecule has 4 rings (SSSR count). The maximum absolute atomic E-state index is 12.6. The third kappa shape index (κ3) is 2.00. The molecule has 0 heterocycles. The molecule has 4 bridgehead atoms. The van der Waals surface area contributed by atoms with E-state index in [0.717, 1.165) is 17.8 Å². The fourth-order valence-corrected chi connectivity index (χ4v) is 4.86. The lowest BCUT2D eigenvalue weighted by Crippen LogP contribution is -2.56. The first-order chi connectivity index (χ1) is 7.86. The summed E-state index contributed by atoms with van der Waals surface area (Å²) < 4.78 is 0. The van der Waals surface area contributed by atoms with E-state index in [1.54, 1.807) is 0 Å². The van der Waals surface area contributed by atoms with Crippen LogP contribution in [0.5, 0.6) is 0 Å². The maximum atomic E-state index is 12.6. The van der Waals surface area contributed by atoms with Gasteiger partial charge in [-0.3, -0.25) is 4.79 Å². The van der Waals surface area contributed by atoms with Gasteiger partial charge in [-0.1, -0.05) is 0 Å². The molecule has 0 aliphatic heterocycles. The van der Waals surface area contributed by atoms with Gasteiger partial charge in [0.25, 0.3) is 0 Å². The van der Waals surface area contributed by atoms with Crippen LogP contribution in [0, 0.1) is 23.2 Å². The predicted octanol–water partition coefficient (Wildman–Crippen LogP) is 3.12. The second-order valence-electron chi connectivity index (χ2n) is 7.90. The van der Waals surface area contributed by atoms with Crippen LogP contribution >= 0.6 is 0 Å². The molecule has 1 N–H and O–H groups in total. The average molecular weight is 235 g/mol. The van der Waals surface area contributed by atoms with Gasteiger partial charge in [-0.25, -0.2) is 0 Å². The van der Waals surface area contributed by atoms with Crippen molar-refractivity contribution in [3.05, 3.63) is 0 Å². The second kappa shape index (κ2) is 3.49. The fourth-order valence-electron chi connectivity index (χ4n) is 4.86. The molecule has 0 aromatic rings. The third-order valence-electron chi connectivity index (χ3n) is 5.01. The predicted molar refractivity (Wildman–Crippen MR) is 68.5 cm³/mol. The molecule has 0 spiro atoms. The zero-order valence-electron chi connectivity index (χ0n) is 11.4. The van der Waals surface area contributed by atoms with Gasteiger partial charge in [0.15, 0.2) is 0 Å². The van der Waals surface area contributed by atoms with Crippen molar-refractivity contribution in [2.45, 2.75) is 64.8 Å². The van der Waals surface area contributed by atoms with Crippen LogP contribution in [-0.4, -0.2) is 11.4 Å². The van der Waals surface area contributed by atoms with Crippen LogP contribution in [0.25, 0.3) is 0 Å². The van der Waals surface area contributed by atoms with E-state index in [1.807, 2.05) is 0 Å². The normalized spacial score (nSPS) is 43.8. The smallest absolute Gasteiger partial charge is 0.226 e. The van der Waals surface area contributed by atoms with Crippen LogP contribution in [0.2, 0.25) is 0 Å². The summed E-state index contributed by atoms with van der Waals surface area (Å²) in [5.74, 6) is 2.91. The zero-order chi connectivity index (χ0) is 12.3. The SMILES string of the molecule is CC(C)(C)NC(=O)C12CC3CC(CC(C3)C1)C2. The first-order valence-corrected chi connectivity index (χ1v) is 7.19. The Balaban J connectivity index is 1.80. The van der Waals surface area contributed by atoms with Gasteiger partial charge in [0.05, 0.1) is 0 Å². The third-order valence-corrected chi connectivity index (χ3v) is 5.01. The maximum Gasteiger partial charge on any atom is 0.226 e. The molecule has 2 heteroatoms. The van der Waals surface area contributed by atoms with Crippen LogP contribution in [0.1, 0.15) is 59.3 Å². The number of amides is 1. The summed E-state index contributed by atoms with van der Waals surface area (Å²) in [6.45, 7) is 6.27. The van der Waals surface area contributed by atoms with E-state index in [2.05, 4.69) is 26.1 Å². The van der Waals surface area contributed by atoms with Gasteiger partial charge in [-0.15, -0.1) is 0 Å². The number of carbonyl (C=O) groups is 1. The van der Waals surface area contributed by atoms with Crippen molar-refractivity contribution in [3.8, 4) is 0 Å². The van der Waals surface area contributed by atoms with Crippen LogP contribution in [-0.2, 0) is 4.79 Å². The summed E-state index contributed by atoms with van der Waals surface area (Å²) in [4.78, 5) is 12.6. The number of rotatable bonds is 1. The Bertz CT molecular complexity index is 304. The molecular weight excluding hydrogens is 210 g/mol. The summed E-state index contributed by atoms with van der Waals surface area (Å²) in [5, 5.41) is 3.24. The standard InChI is InChI=1S/C15H25NO/c1-14(2,3)16-13(17)15-7-10-4-11(8-15)6-12(5-10)9-15/h10-12H,4-9H2,1-3H3,(H,16,17). The number of nitrogens with one attached hydrogen (secondary N) is 1. The molecule has 4 fully saturated rings. The lowest BCUT2D eigenvalue weighted by molar-refractivity contribution is -0.147. The summed E-state index contributed by atoms with van der Waals surface area (Å²) in [6.07, 6.45) is 7.72. The zero-order valence-corrected chi connectivity index (χ0v) is 11.4. The van der Waals surface area contributed by atoms with Crippen molar-refractivity contribution in [2.75, 3.05) is 0 Å². The lowest BCUT2D eigenvalue weighted by Gasteiger charge is -2.56. The van der Waals surface area contributed by atoms with E-state index in [9.17, 15) is 4.79 Å². The Kier molecular flexibility index (Phi) is 2.37. The molecule has 4 aliphatic carbocycles. The Hall–Kier alpha value is -0.530. The Morgan fingerprint density at radius 1 is 1.00 bits per heavy atom. The first-order valence-electron chi connectivity index (χ1n) is 7.19. The molecule has 2 nitrogen and oxygen atoms in total. The molecule has 0 aromatic carbocycles. The molecule has 0 unspecified atom stereocenters. The van der Waals surface area contributed by atoms with Crippen LogP contribution in [0.3, 0.4) is 0 Å². The average Bonchev–Trinajstić information content (AvgIpc) is 2.12. The number of carbonyl (C=O) groups excluding carboxylic acids is 1. The van der Waals surface area contributed by atoms with Crippen molar-refractivity contribution in [1.82, 2.24) is 5.32 Å². The van der Waals surface area contributed by atoms with E-state index in [0.29, 0.717) is 5.91 Å². The summed E-state index contributed by atoms with van der Waals surface area (Å²) in [7, 11) is 0. The van der Waals surface area contributed by atoms with Crippen molar-refractivity contribution < 1.29 is 4.79 Å². The Morgan fingerprint density at radius 2 is 1.41 bits per heavy atom. The highest BCUT2D eigenvalue weighted by atomic mass is 16.2. The van der Waals surface area contributed by atoms with E-state index in [4.69, 9.17) is 0 Å². The topological polar surface area (TPSA) is 29.1 Å². The van der Waals surface area contributed by atoms with Gasteiger partial charge in [0.2, 0.25) is 5.91 Å². The minimum atomic E-state index is -0.0829. The van der Waals surface area contributed by atoms with E-state index in [-0.39, 0.29) is 11.0 Å². The molecule has 4 aliphatic rings. The molecule has 0 aromatic heterocycles. The highest BCUT2D eigenvalue weighted by molar-refractivity contribution is 5.83. The summed E-state index contributed by atoms with van der Waals surface area (Å²) in [6, 6.07) is 0. The van der Waals surface area contributed by atoms with Crippen LogP contribution < -0.4 is 5.32 Å².